The number of rotatable bonds is 2. The van der Waals surface area contributed by atoms with Crippen LogP contribution >= 0.6 is 0 Å². The van der Waals surface area contributed by atoms with Crippen LogP contribution < -0.4 is 10.9 Å². The summed E-state index contributed by atoms with van der Waals surface area (Å²) in [5, 5.41) is 7.94. The standard InChI is InChI=1S/C17H15N5O2/c1-2-18-17(24)21-9-8-12-14-13(10-19-15(12)21)16(23)22(20-14)11-6-4-3-5-7-11/h3-10,19H,2H2,1H3,(H,18,24). The van der Waals surface area contributed by atoms with Gasteiger partial charge >= 0.3 is 6.03 Å². The fourth-order valence-electron chi connectivity index (χ4n) is 2.80. The molecule has 2 aromatic rings. The Bertz CT molecular complexity index is 1060. The predicted octanol–water partition coefficient (Wildman–Crippen LogP) is 2.20. The van der Waals surface area contributed by atoms with Crippen molar-refractivity contribution in [2.45, 2.75) is 6.92 Å². The van der Waals surface area contributed by atoms with Gasteiger partial charge in [0.25, 0.3) is 5.56 Å². The molecular weight excluding hydrogens is 306 g/mol. The van der Waals surface area contributed by atoms with Crippen molar-refractivity contribution in [1.82, 2.24) is 24.6 Å². The zero-order valence-electron chi connectivity index (χ0n) is 13.0. The fraction of sp³-hybridized carbons (Fsp3) is 0.118. The predicted molar refractivity (Wildman–Crippen MR) is 90.8 cm³/mol. The molecule has 0 spiro atoms. The number of aromatic amines is 1. The third-order valence-corrected chi connectivity index (χ3v) is 3.92. The highest BCUT2D eigenvalue weighted by atomic mass is 16.2. The molecule has 7 nitrogen and oxygen atoms in total. The van der Waals surface area contributed by atoms with Crippen LogP contribution in [-0.2, 0) is 0 Å². The second-order valence-corrected chi connectivity index (χ2v) is 5.39. The van der Waals surface area contributed by atoms with Gasteiger partial charge in [0.05, 0.1) is 11.3 Å². The molecule has 1 aromatic heterocycles. The molecule has 0 saturated carbocycles. The molecule has 1 aromatic carbocycles. The molecule has 4 rings (SSSR count). The molecule has 24 heavy (non-hydrogen) atoms. The Kier molecular flexibility index (Phi) is 3.19. The maximum Gasteiger partial charge on any atom is 0.327 e. The van der Waals surface area contributed by atoms with Crippen molar-refractivity contribution < 1.29 is 4.79 Å². The molecule has 2 N–H and O–H groups in total. The van der Waals surface area contributed by atoms with E-state index in [0.717, 1.165) is 5.39 Å². The zero-order chi connectivity index (χ0) is 16.7. The van der Waals surface area contributed by atoms with Crippen molar-refractivity contribution in [3.05, 3.63) is 59.1 Å². The van der Waals surface area contributed by atoms with Crippen molar-refractivity contribution in [3.8, 4) is 16.9 Å². The lowest BCUT2D eigenvalue weighted by Gasteiger charge is -2.05. The van der Waals surface area contributed by atoms with E-state index < -0.39 is 0 Å². The highest BCUT2D eigenvalue weighted by Crippen LogP contribution is 2.26. The fourth-order valence-corrected chi connectivity index (χ4v) is 2.80. The van der Waals surface area contributed by atoms with E-state index in [1.54, 1.807) is 18.5 Å². The van der Waals surface area contributed by atoms with Gasteiger partial charge in [-0.05, 0) is 25.1 Å². The van der Waals surface area contributed by atoms with E-state index >= 15 is 0 Å². The first-order valence-corrected chi connectivity index (χ1v) is 7.66. The van der Waals surface area contributed by atoms with Gasteiger partial charge in [-0.15, -0.1) is 0 Å². The Labute approximate surface area is 136 Å². The maximum absolute atomic E-state index is 12.6. The van der Waals surface area contributed by atoms with Crippen LogP contribution in [-0.4, -0.2) is 31.9 Å². The minimum absolute atomic E-state index is 0.194. The first kappa shape index (κ1) is 14.3. The van der Waals surface area contributed by atoms with Crippen LogP contribution in [0.3, 0.4) is 0 Å². The van der Waals surface area contributed by atoms with Gasteiger partial charge in [-0.3, -0.25) is 9.36 Å². The first-order chi connectivity index (χ1) is 11.7. The summed E-state index contributed by atoms with van der Waals surface area (Å²) in [5.41, 5.74) is 2.17. The maximum atomic E-state index is 12.6. The Balaban J connectivity index is 1.95. The minimum atomic E-state index is -0.229. The zero-order valence-corrected chi connectivity index (χ0v) is 13.0. The summed E-state index contributed by atoms with van der Waals surface area (Å²) < 4.78 is 2.85. The Morgan fingerprint density at radius 1 is 1.25 bits per heavy atom. The molecular formula is C17H15N5O2. The van der Waals surface area contributed by atoms with Crippen molar-refractivity contribution >= 4 is 17.1 Å². The summed E-state index contributed by atoms with van der Waals surface area (Å²) in [7, 11) is 0. The van der Waals surface area contributed by atoms with Crippen molar-refractivity contribution in [2.75, 3.05) is 6.54 Å². The Hall–Kier alpha value is -3.35. The second-order valence-electron chi connectivity index (χ2n) is 5.39. The molecule has 2 aliphatic heterocycles. The number of fused-ring (bicyclic) bond motifs is 3. The van der Waals surface area contributed by atoms with E-state index in [9.17, 15) is 9.59 Å². The van der Waals surface area contributed by atoms with Crippen LogP contribution in [0.5, 0.6) is 0 Å². The van der Waals surface area contributed by atoms with Gasteiger partial charge < -0.3 is 10.3 Å². The average molecular weight is 321 g/mol. The van der Waals surface area contributed by atoms with E-state index in [2.05, 4.69) is 15.4 Å². The lowest BCUT2D eigenvalue weighted by Crippen LogP contribution is -2.27. The molecule has 120 valence electrons. The van der Waals surface area contributed by atoms with Gasteiger partial charge in [-0.1, -0.05) is 18.2 Å². The van der Waals surface area contributed by atoms with Crippen molar-refractivity contribution in [1.29, 1.82) is 0 Å². The third kappa shape index (κ3) is 2.02. The van der Waals surface area contributed by atoms with Crippen molar-refractivity contribution in [2.24, 2.45) is 0 Å². The van der Waals surface area contributed by atoms with Gasteiger partial charge in [0.2, 0.25) is 0 Å². The monoisotopic (exact) mass is 321 g/mol. The molecule has 0 radical (unpaired) electrons. The number of benzene rings is 1. The number of hydrogen-bond acceptors (Lipinski definition) is 3. The molecule has 2 aliphatic rings. The van der Waals surface area contributed by atoms with Crippen LogP contribution in [0.25, 0.3) is 28.0 Å². The van der Waals surface area contributed by atoms with Crippen molar-refractivity contribution in [3.63, 3.8) is 0 Å². The van der Waals surface area contributed by atoms with Crippen LogP contribution in [0.2, 0.25) is 0 Å². The molecule has 7 heteroatoms. The van der Waals surface area contributed by atoms with Crippen LogP contribution in [0.15, 0.2) is 53.6 Å². The number of nitrogens with one attached hydrogen (secondary N) is 2. The summed E-state index contributed by atoms with van der Waals surface area (Å²) in [4.78, 5) is 27.7. The number of H-pyrrole nitrogens is 1. The van der Waals surface area contributed by atoms with Crippen LogP contribution in [0, 0.1) is 0 Å². The first-order valence-electron chi connectivity index (χ1n) is 7.66. The van der Waals surface area contributed by atoms with E-state index in [1.807, 2.05) is 37.3 Å². The topological polar surface area (TPSA) is 84.7 Å². The number of carbonyl (C=O) groups is 1. The number of hydrogen-bond donors (Lipinski definition) is 2. The summed E-state index contributed by atoms with van der Waals surface area (Å²) in [6.45, 7) is 2.39. The summed E-state index contributed by atoms with van der Waals surface area (Å²) in [6.07, 6.45) is 3.26. The van der Waals surface area contributed by atoms with E-state index in [1.165, 1.54) is 9.25 Å². The van der Waals surface area contributed by atoms with Gasteiger partial charge in [-0.2, -0.15) is 9.78 Å². The van der Waals surface area contributed by atoms with Crippen LogP contribution in [0.4, 0.5) is 4.79 Å². The Morgan fingerprint density at radius 3 is 2.79 bits per heavy atom. The minimum Gasteiger partial charge on any atom is -0.346 e. The normalized spacial score (nSPS) is 11.2. The second kappa shape index (κ2) is 5.38. The largest absolute Gasteiger partial charge is 0.346 e. The number of aromatic nitrogens is 4. The van der Waals surface area contributed by atoms with E-state index in [-0.39, 0.29) is 11.6 Å². The van der Waals surface area contributed by atoms with E-state index in [0.29, 0.717) is 29.1 Å². The summed E-state index contributed by atoms with van der Waals surface area (Å²) >= 11 is 0. The number of para-hydroxylation sites is 1. The van der Waals surface area contributed by atoms with Gasteiger partial charge in [0, 0.05) is 24.3 Å². The molecule has 0 bridgehead atoms. The summed E-state index contributed by atoms with van der Waals surface area (Å²) in [5.74, 6) is 0. The number of carbonyl (C=O) groups excluding carboxylic acids is 1. The molecule has 0 aliphatic carbocycles. The Morgan fingerprint density at radius 2 is 2.04 bits per heavy atom. The number of nitrogens with zero attached hydrogens (tertiary/aromatic N) is 3. The van der Waals surface area contributed by atoms with E-state index in [4.69, 9.17) is 0 Å². The van der Waals surface area contributed by atoms with Gasteiger partial charge in [0.15, 0.2) is 0 Å². The highest BCUT2D eigenvalue weighted by molar-refractivity contribution is 5.97. The molecule has 1 amide bonds. The number of pyridine rings is 1. The molecule has 3 heterocycles. The van der Waals surface area contributed by atoms with Crippen LogP contribution in [0.1, 0.15) is 6.92 Å². The average Bonchev–Trinajstić information content (AvgIpc) is 3.17. The highest BCUT2D eigenvalue weighted by Gasteiger charge is 2.21. The SMILES string of the molecule is CCNC(=O)n1ccc2c3nn(-c4ccccc4)c(=O)c-3c[nH]c21. The van der Waals surface area contributed by atoms with Gasteiger partial charge in [-0.25, -0.2) is 4.79 Å². The summed E-state index contributed by atoms with van der Waals surface area (Å²) in [6, 6.07) is 10.8. The quantitative estimate of drug-likeness (QED) is 0.593. The number of amides is 1. The lowest BCUT2D eigenvalue weighted by atomic mass is 10.2. The smallest absolute Gasteiger partial charge is 0.327 e. The molecule has 0 saturated heterocycles. The third-order valence-electron chi connectivity index (χ3n) is 3.92. The molecule has 0 fully saturated rings. The molecule has 0 unspecified atom stereocenters. The molecule has 0 atom stereocenters. The lowest BCUT2D eigenvalue weighted by molar-refractivity contribution is 0.243. The van der Waals surface area contributed by atoms with Gasteiger partial charge in [0.1, 0.15) is 11.3 Å².